The largest absolute Gasteiger partial charge is 0.495 e. The summed E-state index contributed by atoms with van der Waals surface area (Å²) in [6, 6.07) is 2.65. The Morgan fingerprint density at radius 3 is 2.71 bits per heavy atom. The van der Waals surface area contributed by atoms with E-state index in [1.807, 2.05) is 6.92 Å². The molecule has 1 heterocycles. The van der Waals surface area contributed by atoms with Crippen molar-refractivity contribution in [1.29, 1.82) is 0 Å². The molecule has 2 unspecified atom stereocenters. The summed E-state index contributed by atoms with van der Waals surface area (Å²) < 4.78 is 32.3. The Balaban J connectivity index is 2.52. The number of hydrogen-bond donors (Lipinski definition) is 2. The molecule has 118 valence electrons. The van der Waals surface area contributed by atoms with Gasteiger partial charge in [0.15, 0.2) is 0 Å². The van der Waals surface area contributed by atoms with Crippen LogP contribution in [0.2, 0.25) is 0 Å². The minimum absolute atomic E-state index is 0.0562. The molecule has 1 aliphatic heterocycles. The third-order valence-electron chi connectivity index (χ3n) is 4.16. The lowest BCUT2D eigenvalue weighted by Crippen LogP contribution is -2.39. The number of anilines is 1. The highest BCUT2D eigenvalue weighted by Gasteiger charge is 2.40. The topological polar surface area (TPSA) is 92.9 Å². The molecule has 1 aromatic rings. The second kappa shape index (κ2) is 5.82. The van der Waals surface area contributed by atoms with E-state index in [1.54, 1.807) is 13.0 Å². The summed E-state index contributed by atoms with van der Waals surface area (Å²) in [5, 5.41) is 9.48. The van der Waals surface area contributed by atoms with Crippen LogP contribution in [0.4, 0.5) is 5.69 Å². The van der Waals surface area contributed by atoms with Gasteiger partial charge >= 0.3 is 0 Å². The highest BCUT2D eigenvalue weighted by atomic mass is 32.2. The molecular formula is C14H22N2O4S. The summed E-state index contributed by atoms with van der Waals surface area (Å²) in [6.45, 7) is 3.94. The Kier molecular flexibility index (Phi) is 4.46. The normalized spacial score (nSPS) is 23.4. The molecule has 2 rings (SSSR count). The molecule has 7 heteroatoms. The molecule has 3 N–H and O–H groups in total. The predicted octanol–water partition coefficient (Wildman–Crippen LogP) is 0.977. The van der Waals surface area contributed by atoms with Crippen molar-refractivity contribution < 1.29 is 18.3 Å². The predicted molar refractivity (Wildman–Crippen MR) is 80.7 cm³/mol. The molecule has 0 saturated carbocycles. The zero-order valence-electron chi connectivity index (χ0n) is 12.5. The van der Waals surface area contributed by atoms with E-state index in [2.05, 4.69) is 0 Å². The Bertz CT molecular complexity index is 630. The minimum Gasteiger partial charge on any atom is -0.495 e. The molecule has 0 amide bonds. The average molecular weight is 314 g/mol. The minimum atomic E-state index is -3.75. The fourth-order valence-corrected chi connectivity index (χ4v) is 4.61. The van der Waals surface area contributed by atoms with Crippen LogP contribution in [0.1, 0.15) is 18.9 Å². The van der Waals surface area contributed by atoms with Crippen LogP contribution in [-0.2, 0) is 10.0 Å². The van der Waals surface area contributed by atoms with Crippen LogP contribution in [-0.4, -0.2) is 44.1 Å². The first kappa shape index (κ1) is 16.1. The third kappa shape index (κ3) is 2.73. The van der Waals surface area contributed by atoms with Crippen molar-refractivity contribution in [2.24, 2.45) is 5.92 Å². The van der Waals surface area contributed by atoms with E-state index in [4.69, 9.17) is 10.5 Å². The summed E-state index contributed by atoms with van der Waals surface area (Å²) >= 11 is 0. The standard InChI is InChI=1S/C14H22N2O4S/c1-9-4-5-16(12(9)8-17)21(18,19)14-7-11(15)10(2)6-13(14)20-3/h6-7,9,12,17H,4-5,8,15H2,1-3H3. The maximum absolute atomic E-state index is 12.9. The summed E-state index contributed by atoms with van der Waals surface area (Å²) in [4.78, 5) is 0.0562. The van der Waals surface area contributed by atoms with Crippen molar-refractivity contribution in [2.75, 3.05) is 26.0 Å². The number of rotatable bonds is 4. The number of nitrogens with zero attached hydrogens (tertiary/aromatic N) is 1. The lowest BCUT2D eigenvalue weighted by atomic mass is 10.0. The third-order valence-corrected chi connectivity index (χ3v) is 6.10. The van der Waals surface area contributed by atoms with Crippen molar-refractivity contribution in [2.45, 2.75) is 31.2 Å². The Hall–Kier alpha value is -1.31. The maximum atomic E-state index is 12.9. The smallest absolute Gasteiger partial charge is 0.247 e. The number of benzene rings is 1. The monoisotopic (exact) mass is 314 g/mol. The number of sulfonamides is 1. The van der Waals surface area contributed by atoms with Gasteiger partial charge in [-0.05, 0) is 37.0 Å². The van der Waals surface area contributed by atoms with Crippen molar-refractivity contribution in [3.8, 4) is 5.75 Å². The SMILES string of the molecule is COc1cc(C)c(N)cc1S(=O)(=O)N1CCC(C)C1CO. The van der Waals surface area contributed by atoms with Gasteiger partial charge in [0.1, 0.15) is 10.6 Å². The van der Waals surface area contributed by atoms with Gasteiger partial charge in [-0.3, -0.25) is 0 Å². The van der Waals surface area contributed by atoms with E-state index in [-0.39, 0.29) is 23.2 Å². The quantitative estimate of drug-likeness (QED) is 0.808. The summed E-state index contributed by atoms with van der Waals surface area (Å²) in [6.07, 6.45) is 0.730. The number of nitrogens with two attached hydrogens (primary N) is 1. The van der Waals surface area contributed by atoms with Crippen molar-refractivity contribution in [3.63, 3.8) is 0 Å². The lowest BCUT2D eigenvalue weighted by molar-refractivity contribution is 0.191. The molecule has 0 aliphatic carbocycles. The Morgan fingerprint density at radius 2 is 2.14 bits per heavy atom. The number of aliphatic hydroxyl groups excluding tert-OH is 1. The number of aliphatic hydroxyl groups is 1. The molecule has 1 saturated heterocycles. The summed E-state index contributed by atoms with van der Waals surface area (Å²) in [5.41, 5.74) is 7.01. The van der Waals surface area contributed by atoms with Gasteiger partial charge in [-0.1, -0.05) is 6.92 Å². The number of ether oxygens (including phenoxy) is 1. The fraction of sp³-hybridized carbons (Fsp3) is 0.571. The van der Waals surface area contributed by atoms with Gasteiger partial charge in [-0.15, -0.1) is 0 Å². The molecule has 0 radical (unpaired) electrons. The van der Waals surface area contributed by atoms with E-state index < -0.39 is 16.1 Å². The van der Waals surface area contributed by atoms with Crippen LogP contribution < -0.4 is 10.5 Å². The van der Waals surface area contributed by atoms with Gasteiger partial charge in [0.05, 0.1) is 19.8 Å². The molecule has 6 nitrogen and oxygen atoms in total. The van der Waals surface area contributed by atoms with Crippen LogP contribution in [0.3, 0.4) is 0 Å². The van der Waals surface area contributed by atoms with Crippen molar-refractivity contribution in [3.05, 3.63) is 17.7 Å². The first-order chi connectivity index (χ1) is 9.82. The zero-order chi connectivity index (χ0) is 15.8. The van der Waals surface area contributed by atoms with Crippen LogP contribution in [0.25, 0.3) is 0 Å². The first-order valence-corrected chi connectivity index (χ1v) is 8.33. The second-order valence-electron chi connectivity index (χ2n) is 5.49. The first-order valence-electron chi connectivity index (χ1n) is 6.89. The van der Waals surface area contributed by atoms with E-state index in [9.17, 15) is 13.5 Å². The molecule has 0 spiro atoms. The Morgan fingerprint density at radius 1 is 1.48 bits per heavy atom. The summed E-state index contributed by atoms with van der Waals surface area (Å²) in [5.74, 6) is 0.400. The molecular weight excluding hydrogens is 292 g/mol. The number of hydrogen-bond acceptors (Lipinski definition) is 5. The number of aryl methyl sites for hydroxylation is 1. The van der Waals surface area contributed by atoms with Gasteiger partial charge in [0.2, 0.25) is 10.0 Å². The van der Waals surface area contributed by atoms with Crippen molar-refractivity contribution in [1.82, 2.24) is 4.31 Å². The van der Waals surface area contributed by atoms with Gasteiger partial charge in [0.25, 0.3) is 0 Å². The van der Waals surface area contributed by atoms with Gasteiger partial charge in [-0.25, -0.2) is 8.42 Å². The van der Waals surface area contributed by atoms with Crippen LogP contribution in [0, 0.1) is 12.8 Å². The molecule has 21 heavy (non-hydrogen) atoms. The van der Waals surface area contributed by atoms with E-state index in [0.717, 1.165) is 12.0 Å². The van der Waals surface area contributed by atoms with E-state index in [1.165, 1.54) is 17.5 Å². The van der Waals surface area contributed by atoms with Gasteiger partial charge in [-0.2, -0.15) is 4.31 Å². The zero-order valence-corrected chi connectivity index (χ0v) is 13.4. The highest BCUT2D eigenvalue weighted by Crippen LogP contribution is 2.35. The maximum Gasteiger partial charge on any atom is 0.247 e. The van der Waals surface area contributed by atoms with Crippen LogP contribution >= 0.6 is 0 Å². The summed E-state index contributed by atoms with van der Waals surface area (Å²) in [7, 11) is -2.32. The molecule has 1 aromatic carbocycles. The van der Waals surface area contributed by atoms with E-state index in [0.29, 0.717) is 12.2 Å². The molecule has 0 aromatic heterocycles. The van der Waals surface area contributed by atoms with E-state index >= 15 is 0 Å². The average Bonchev–Trinajstić information content (AvgIpc) is 2.82. The van der Waals surface area contributed by atoms with Crippen molar-refractivity contribution >= 4 is 15.7 Å². The molecule has 1 aliphatic rings. The fourth-order valence-electron chi connectivity index (χ4n) is 2.71. The number of nitrogen functional groups attached to an aromatic ring is 1. The molecule has 1 fully saturated rings. The van der Waals surface area contributed by atoms with Gasteiger partial charge < -0.3 is 15.6 Å². The number of methoxy groups -OCH3 is 1. The lowest BCUT2D eigenvalue weighted by Gasteiger charge is -2.25. The molecule has 0 bridgehead atoms. The molecule has 2 atom stereocenters. The highest BCUT2D eigenvalue weighted by molar-refractivity contribution is 7.89. The Labute approximate surface area is 125 Å². The van der Waals surface area contributed by atoms with Crippen LogP contribution in [0.5, 0.6) is 5.75 Å². The van der Waals surface area contributed by atoms with Crippen LogP contribution in [0.15, 0.2) is 17.0 Å². The second-order valence-corrected chi connectivity index (χ2v) is 7.35. The van der Waals surface area contributed by atoms with Gasteiger partial charge in [0, 0.05) is 12.2 Å².